The average molecular weight is 538 g/mol. The topological polar surface area (TPSA) is 74.8 Å². The Kier molecular flexibility index (Phi) is 13.6. The van der Waals surface area contributed by atoms with E-state index in [9.17, 15) is 4.79 Å². The molecule has 0 aliphatic carbocycles. The maximum Gasteiger partial charge on any atom is 0.251 e. The Bertz CT molecular complexity index is 799. The molecule has 0 radical (unpaired) electrons. The van der Waals surface area contributed by atoms with E-state index < -0.39 is 0 Å². The van der Waals surface area contributed by atoms with Crippen LogP contribution in [-0.2, 0) is 11.3 Å². The Morgan fingerprint density at radius 3 is 2.52 bits per heavy atom. The van der Waals surface area contributed by atoms with E-state index in [0.29, 0.717) is 25.3 Å². The van der Waals surface area contributed by atoms with E-state index in [0.717, 1.165) is 30.9 Å². The largest absolute Gasteiger partial charge is 0.374 e. The summed E-state index contributed by atoms with van der Waals surface area (Å²) in [7, 11) is 1.75. The molecule has 2 aromatic carbocycles. The van der Waals surface area contributed by atoms with Crippen LogP contribution in [0.4, 0.5) is 0 Å². The molecule has 1 amide bonds. The number of benzene rings is 2. The summed E-state index contributed by atoms with van der Waals surface area (Å²) in [5, 5.41) is 9.49. The van der Waals surface area contributed by atoms with E-state index in [2.05, 4.69) is 40.0 Å². The molecule has 31 heavy (non-hydrogen) atoms. The first-order valence-corrected chi connectivity index (χ1v) is 10.6. The van der Waals surface area contributed by atoms with Gasteiger partial charge in [0.05, 0.1) is 6.10 Å². The highest BCUT2D eigenvalue weighted by atomic mass is 127. The number of aliphatic imine (C=N–C) groups is 1. The van der Waals surface area contributed by atoms with Crippen molar-refractivity contribution in [2.45, 2.75) is 39.3 Å². The number of ether oxygens (including phenoxy) is 1. The molecule has 0 heterocycles. The van der Waals surface area contributed by atoms with Crippen LogP contribution in [0.2, 0.25) is 0 Å². The summed E-state index contributed by atoms with van der Waals surface area (Å²) in [4.78, 5) is 16.4. The monoisotopic (exact) mass is 538 g/mol. The van der Waals surface area contributed by atoms with E-state index in [-0.39, 0.29) is 36.0 Å². The second-order valence-corrected chi connectivity index (χ2v) is 7.09. The van der Waals surface area contributed by atoms with Crippen LogP contribution < -0.4 is 16.0 Å². The van der Waals surface area contributed by atoms with Gasteiger partial charge in [-0.2, -0.15) is 0 Å². The van der Waals surface area contributed by atoms with Crippen molar-refractivity contribution in [3.05, 3.63) is 71.3 Å². The molecule has 0 aliphatic rings. The van der Waals surface area contributed by atoms with Crippen LogP contribution in [0, 0.1) is 0 Å². The van der Waals surface area contributed by atoms with Crippen LogP contribution in [0.5, 0.6) is 0 Å². The standard InChI is InChI=1S/C24H34N4O2.HI/c1-4-14-26-23(29)22-13-8-10-20(17-22)18-28-24(25-3)27-15-9-16-30-19(2)21-11-6-5-7-12-21;/h5-8,10-13,17,19H,4,9,14-16,18H2,1-3H3,(H,26,29)(H2,25,27,28);1H. The molecular weight excluding hydrogens is 503 g/mol. The van der Waals surface area contributed by atoms with Gasteiger partial charge in [0.15, 0.2) is 5.96 Å². The fourth-order valence-electron chi connectivity index (χ4n) is 2.93. The van der Waals surface area contributed by atoms with Crippen molar-refractivity contribution in [1.29, 1.82) is 0 Å². The number of hydrogen-bond donors (Lipinski definition) is 3. The number of nitrogens with zero attached hydrogens (tertiary/aromatic N) is 1. The second kappa shape index (κ2) is 15.6. The molecule has 6 nitrogen and oxygen atoms in total. The van der Waals surface area contributed by atoms with E-state index in [1.165, 1.54) is 5.56 Å². The van der Waals surface area contributed by atoms with Gasteiger partial charge >= 0.3 is 0 Å². The lowest BCUT2D eigenvalue weighted by Gasteiger charge is -2.15. The summed E-state index contributed by atoms with van der Waals surface area (Å²) < 4.78 is 5.90. The maximum atomic E-state index is 12.1. The minimum atomic E-state index is -0.0362. The molecule has 0 spiro atoms. The molecule has 2 rings (SSSR count). The Labute approximate surface area is 203 Å². The van der Waals surface area contributed by atoms with E-state index in [4.69, 9.17) is 4.74 Å². The van der Waals surface area contributed by atoms with Crippen LogP contribution in [0.15, 0.2) is 59.6 Å². The Morgan fingerprint density at radius 1 is 1.03 bits per heavy atom. The molecule has 0 saturated heterocycles. The van der Waals surface area contributed by atoms with Gasteiger partial charge in [0.1, 0.15) is 0 Å². The molecule has 0 aromatic heterocycles. The van der Waals surface area contributed by atoms with Crippen LogP contribution in [-0.4, -0.2) is 38.6 Å². The number of hydrogen-bond acceptors (Lipinski definition) is 3. The fraction of sp³-hybridized carbons (Fsp3) is 0.417. The predicted octanol–water partition coefficient (Wildman–Crippen LogP) is 4.28. The smallest absolute Gasteiger partial charge is 0.251 e. The Morgan fingerprint density at radius 2 is 1.81 bits per heavy atom. The van der Waals surface area contributed by atoms with Crippen LogP contribution >= 0.6 is 24.0 Å². The summed E-state index contributed by atoms with van der Waals surface area (Å²) in [6.45, 7) is 6.83. The summed E-state index contributed by atoms with van der Waals surface area (Å²) >= 11 is 0. The van der Waals surface area contributed by atoms with Crippen molar-refractivity contribution in [3.8, 4) is 0 Å². The van der Waals surface area contributed by atoms with Gasteiger partial charge in [-0.3, -0.25) is 9.79 Å². The molecule has 170 valence electrons. The SMILES string of the molecule is CCCNC(=O)c1cccc(CNC(=NC)NCCCOC(C)c2ccccc2)c1.I. The normalized spacial score (nSPS) is 11.9. The lowest BCUT2D eigenvalue weighted by Crippen LogP contribution is -2.37. The highest BCUT2D eigenvalue weighted by Crippen LogP contribution is 2.15. The van der Waals surface area contributed by atoms with Gasteiger partial charge in [-0.25, -0.2) is 0 Å². The summed E-state index contributed by atoms with van der Waals surface area (Å²) in [6.07, 6.45) is 1.89. The lowest BCUT2D eigenvalue weighted by atomic mass is 10.1. The first kappa shape index (κ1) is 26.9. The van der Waals surface area contributed by atoms with Crippen molar-refractivity contribution in [1.82, 2.24) is 16.0 Å². The molecule has 1 atom stereocenters. The Balaban J connectivity index is 0.00000480. The van der Waals surface area contributed by atoms with Crippen LogP contribution in [0.3, 0.4) is 0 Å². The lowest BCUT2D eigenvalue weighted by molar-refractivity contribution is 0.0646. The third kappa shape index (κ3) is 10.1. The third-order valence-electron chi connectivity index (χ3n) is 4.66. The highest BCUT2D eigenvalue weighted by Gasteiger charge is 2.06. The van der Waals surface area contributed by atoms with Crippen LogP contribution in [0.25, 0.3) is 0 Å². The molecule has 3 N–H and O–H groups in total. The van der Waals surface area contributed by atoms with E-state index in [1.807, 2.05) is 49.4 Å². The number of halogens is 1. The Hall–Kier alpha value is -2.13. The number of amides is 1. The fourth-order valence-corrected chi connectivity index (χ4v) is 2.93. The average Bonchev–Trinajstić information content (AvgIpc) is 2.79. The van der Waals surface area contributed by atoms with Crippen LogP contribution in [0.1, 0.15) is 54.3 Å². The van der Waals surface area contributed by atoms with Crippen molar-refractivity contribution in [2.75, 3.05) is 26.7 Å². The molecule has 0 aliphatic heterocycles. The molecule has 0 saturated carbocycles. The third-order valence-corrected chi connectivity index (χ3v) is 4.66. The van der Waals surface area contributed by atoms with Crippen molar-refractivity contribution in [2.24, 2.45) is 4.99 Å². The first-order valence-electron chi connectivity index (χ1n) is 10.6. The first-order chi connectivity index (χ1) is 14.6. The molecule has 0 bridgehead atoms. The minimum Gasteiger partial charge on any atom is -0.374 e. The summed E-state index contributed by atoms with van der Waals surface area (Å²) in [5.74, 6) is 0.692. The maximum absolute atomic E-state index is 12.1. The zero-order chi connectivity index (χ0) is 21.6. The van der Waals surface area contributed by atoms with Gasteiger partial charge in [-0.15, -0.1) is 24.0 Å². The summed E-state index contributed by atoms with van der Waals surface area (Å²) in [5.41, 5.74) is 2.89. The van der Waals surface area contributed by atoms with Gasteiger partial charge < -0.3 is 20.7 Å². The number of rotatable bonds is 11. The zero-order valence-electron chi connectivity index (χ0n) is 18.7. The van der Waals surface area contributed by atoms with Gasteiger partial charge in [-0.1, -0.05) is 49.4 Å². The van der Waals surface area contributed by atoms with Gasteiger partial charge in [0, 0.05) is 38.9 Å². The van der Waals surface area contributed by atoms with E-state index >= 15 is 0 Å². The van der Waals surface area contributed by atoms with Crippen molar-refractivity contribution in [3.63, 3.8) is 0 Å². The molecular formula is C24H35IN4O2. The van der Waals surface area contributed by atoms with Crippen molar-refractivity contribution < 1.29 is 9.53 Å². The van der Waals surface area contributed by atoms with Crippen molar-refractivity contribution >= 4 is 35.8 Å². The predicted molar refractivity (Wildman–Crippen MR) is 138 cm³/mol. The number of carbonyl (C=O) groups is 1. The molecule has 1 unspecified atom stereocenters. The van der Waals surface area contributed by atoms with E-state index in [1.54, 1.807) is 7.05 Å². The van der Waals surface area contributed by atoms with Gasteiger partial charge in [-0.05, 0) is 43.0 Å². The summed E-state index contributed by atoms with van der Waals surface area (Å²) in [6, 6.07) is 17.9. The van der Waals surface area contributed by atoms with Gasteiger partial charge in [0.25, 0.3) is 5.91 Å². The zero-order valence-corrected chi connectivity index (χ0v) is 21.0. The number of guanidine groups is 1. The molecule has 7 heteroatoms. The number of nitrogens with one attached hydrogen (secondary N) is 3. The van der Waals surface area contributed by atoms with Gasteiger partial charge in [0.2, 0.25) is 0 Å². The minimum absolute atomic E-state index is 0. The number of carbonyl (C=O) groups excluding carboxylic acids is 1. The highest BCUT2D eigenvalue weighted by molar-refractivity contribution is 14.0. The second-order valence-electron chi connectivity index (χ2n) is 7.09. The molecule has 2 aromatic rings. The quantitative estimate of drug-likeness (QED) is 0.173. The molecule has 0 fully saturated rings.